The fourth-order valence-electron chi connectivity index (χ4n) is 2.29. The third-order valence-electron chi connectivity index (χ3n) is 3.67. The second-order valence-electron chi connectivity index (χ2n) is 5.28. The van der Waals surface area contributed by atoms with Gasteiger partial charge in [0.25, 0.3) is 0 Å². The number of ether oxygens (including phenoxy) is 2. The average Bonchev–Trinajstić information content (AvgIpc) is 2.62. The summed E-state index contributed by atoms with van der Waals surface area (Å²) in [7, 11) is 1.64. The molecule has 0 aliphatic rings. The van der Waals surface area contributed by atoms with E-state index >= 15 is 0 Å². The van der Waals surface area contributed by atoms with Crippen LogP contribution in [0.4, 0.5) is 4.79 Å². The van der Waals surface area contributed by atoms with Crippen LogP contribution in [0.3, 0.4) is 0 Å². The summed E-state index contributed by atoms with van der Waals surface area (Å²) in [5.74, 6) is 1.63. The third-order valence-corrected chi connectivity index (χ3v) is 3.67. The van der Waals surface area contributed by atoms with Gasteiger partial charge in [-0.1, -0.05) is 37.3 Å². The lowest BCUT2D eigenvalue weighted by Gasteiger charge is -2.12. The molecule has 0 aromatic heterocycles. The first kappa shape index (κ1) is 17.7. The molecular formula is C19H24N2O3. The Morgan fingerprint density at radius 1 is 1.04 bits per heavy atom. The average molecular weight is 328 g/mol. The van der Waals surface area contributed by atoms with Gasteiger partial charge >= 0.3 is 6.03 Å². The topological polar surface area (TPSA) is 59.6 Å². The van der Waals surface area contributed by atoms with Gasteiger partial charge in [0.1, 0.15) is 11.5 Å². The van der Waals surface area contributed by atoms with Gasteiger partial charge in [-0.2, -0.15) is 0 Å². The number of amides is 2. The Hall–Kier alpha value is -2.69. The van der Waals surface area contributed by atoms with E-state index in [1.165, 1.54) is 0 Å². The van der Waals surface area contributed by atoms with Crippen LogP contribution in [-0.2, 0) is 12.8 Å². The van der Waals surface area contributed by atoms with Gasteiger partial charge in [-0.05, 0) is 42.2 Å². The van der Waals surface area contributed by atoms with Crippen molar-refractivity contribution in [3.63, 3.8) is 0 Å². The first-order valence-corrected chi connectivity index (χ1v) is 8.08. The lowest BCUT2D eigenvalue weighted by molar-refractivity contribution is 0.223. The van der Waals surface area contributed by atoms with Crippen molar-refractivity contribution in [2.75, 3.05) is 20.4 Å². The van der Waals surface area contributed by atoms with Gasteiger partial charge in [0.15, 0.2) is 6.73 Å². The molecule has 0 unspecified atom stereocenters. The lowest BCUT2D eigenvalue weighted by Crippen LogP contribution is -2.38. The normalized spacial score (nSPS) is 10.1. The van der Waals surface area contributed by atoms with E-state index in [4.69, 9.17) is 9.47 Å². The van der Waals surface area contributed by atoms with Gasteiger partial charge in [0.2, 0.25) is 0 Å². The SMILES string of the molecule is CCc1ccccc1OCNC(=O)NCCc1ccc(OC)cc1. The number of nitrogens with one attached hydrogen (secondary N) is 2. The summed E-state index contributed by atoms with van der Waals surface area (Å²) >= 11 is 0. The summed E-state index contributed by atoms with van der Waals surface area (Å²) in [5.41, 5.74) is 2.27. The second-order valence-corrected chi connectivity index (χ2v) is 5.28. The molecule has 0 fully saturated rings. The molecule has 2 N–H and O–H groups in total. The van der Waals surface area contributed by atoms with Crippen LogP contribution in [0.15, 0.2) is 48.5 Å². The van der Waals surface area contributed by atoms with E-state index in [2.05, 4.69) is 17.6 Å². The Kier molecular flexibility index (Phi) is 6.95. The Morgan fingerprint density at radius 3 is 2.50 bits per heavy atom. The van der Waals surface area contributed by atoms with Gasteiger partial charge in [-0.15, -0.1) is 0 Å². The minimum atomic E-state index is -0.238. The smallest absolute Gasteiger partial charge is 0.317 e. The summed E-state index contributed by atoms with van der Waals surface area (Å²) in [6, 6.07) is 15.4. The fourth-order valence-corrected chi connectivity index (χ4v) is 2.29. The van der Waals surface area contributed by atoms with Crippen molar-refractivity contribution in [1.82, 2.24) is 10.6 Å². The molecule has 5 heteroatoms. The van der Waals surface area contributed by atoms with Crippen LogP contribution in [-0.4, -0.2) is 26.4 Å². The number of carbonyl (C=O) groups is 1. The second kappa shape index (κ2) is 9.45. The van der Waals surface area contributed by atoms with E-state index in [9.17, 15) is 4.79 Å². The summed E-state index contributed by atoms with van der Waals surface area (Å²) in [5, 5.41) is 5.51. The van der Waals surface area contributed by atoms with Crippen LogP contribution in [0.2, 0.25) is 0 Å². The molecule has 128 valence electrons. The molecule has 0 atom stereocenters. The third kappa shape index (κ3) is 5.50. The van der Waals surface area contributed by atoms with Crippen LogP contribution in [0.25, 0.3) is 0 Å². The predicted octanol–water partition coefficient (Wildman–Crippen LogP) is 3.14. The van der Waals surface area contributed by atoms with Crippen molar-refractivity contribution in [1.29, 1.82) is 0 Å². The van der Waals surface area contributed by atoms with E-state index in [0.29, 0.717) is 6.54 Å². The molecule has 0 aliphatic heterocycles. The molecule has 0 saturated carbocycles. The molecule has 2 rings (SSSR count). The zero-order valence-corrected chi connectivity index (χ0v) is 14.2. The molecule has 0 bridgehead atoms. The summed E-state index contributed by atoms with van der Waals surface area (Å²) < 4.78 is 10.7. The predicted molar refractivity (Wildman–Crippen MR) is 94.5 cm³/mol. The van der Waals surface area contributed by atoms with Crippen molar-refractivity contribution in [2.24, 2.45) is 0 Å². The van der Waals surface area contributed by atoms with Crippen molar-refractivity contribution in [3.05, 3.63) is 59.7 Å². The minimum absolute atomic E-state index is 0.144. The summed E-state index contributed by atoms with van der Waals surface area (Å²) in [6.45, 7) is 2.77. The van der Waals surface area contributed by atoms with Crippen LogP contribution in [0.1, 0.15) is 18.1 Å². The van der Waals surface area contributed by atoms with Gasteiger partial charge in [0.05, 0.1) is 7.11 Å². The number of methoxy groups -OCH3 is 1. The highest BCUT2D eigenvalue weighted by Crippen LogP contribution is 2.17. The van der Waals surface area contributed by atoms with Crippen molar-refractivity contribution < 1.29 is 14.3 Å². The van der Waals surface area contributed by atoms with Crippen molar-refractivity contribution >= 4 is 6.03 Å². The number of para-hydroxylation sites is 1. The quantitative estimate of drug-likeness (QED) is 0.732. The first-order chi connectivity index (χ1) is 11.7. The Labute approximate surface area is 143 Å². The van der Waals surface area contributed by atoms with Gasteiger partial charge < -0.3 is 20.1 Å². The zero-order chi connectivity index (χ0) is 17.2. The number of urea groups is 1. The molecule has 5 nitrogen and oxygen atoms in total. The minimum Gasteiger partial charge on any atom is -0.497 e. The number of rotatable bonds is 8. The number of hydrogen-bond donors (Lipinski definition) is 2. The van der Waals surface area contributed by atoms with Crippen LogP contribution in [0.5, 0.6) is 11.5 Å². The highest BCUT2D eigenvalue weighted by Gasteiger charge is 2.03. The Balaban J connectivity index is 1.66. The molecule has 2 amide bonds. The molecule has 0 aliphatic carbocycles. The van der Waals surface area contributed by atoms with Crippen LogP contribution >= 0.6 is 0 Å². The maximum Gasteiger partial charge on any atom is 0.317 e. The van der Waals surface area contributed by atoms with E-state index in [0.717, 1.165) is 35.5 Å². The summed E-state index contributed by atoms with van der Waals surface area (Å²) in [6.07, 6.45) is 1.65. The maximum atomic E-state index is 11.8. The van der Waals surface area contributed by atoms with E-state index < -0.39 is 0 Å². The fraction of sp³-hybridized carbons (Fsp3) is 0.316. The molecule has 2 aromatic carbocycles. The molecule has 24 heavy (non-hydrogen) atoms. The van der Waals surface area contributed by atoms with Crippen LogP contribution in [0, 0.1) is 0 Å². The van der Waals surface area contributed by atoms with E-state index in [1.54, 1.807) is 7.11 Å². The van der Waals surface area contributed by atoms with Crippen molar-refractivity contribution in [3.8, 4) is 11.5 Å². The molecular weight excluding hydrogens is 304 g/mol. The first-order valence-electron chi connectivity index (χ1n) is 8.08. The number of aryl methyl sites for hydroxylation is 1. The van der Waals surface area contributed by atoms with E-state index in [1.807, 2.05) is 48.5 Å². The highest BCUT2D eigenvalue weighted by molar-refractivity contribution is 5.73. The monoisotopic (exact) mass is 328 g/mol. The standard InChI is InChI=1S/C19H24N2O3/c1-3-16-6-4-5-7-18(16)24-14-21-19(22)20-13-12-15-8-10-17(23-2)11-9-15/h4-11H,3,12-14H2,1-2H3,(H2,20,21,22). The lowest BCUT2D eigenvalue weighted by atomic mass is 10.1. The maximum absolute atomic E-state index is 11.8. The van der Waals surface area contributed by atoms with Crippen LogP contribution < -0.4 is 20.1 Å². The molecule has 0 saturated heterocycles. The molecule has 2 aromatic rings. The molecule has 0 heterocycles. The van der Waals surface area contributed by atoms with Crippen molar-refractivity contribution in [2.45, 2.75) is 19.8 Å². The zero-order valence-electron chi connectivity index (χ0n) is 14.2. The van der Waals surface area contributed by atoms with Gasteiger partial charge in [-0.3, -0.25) is 0 Å². The summed E-state index contributed by atoms with van der Waals surface area (Å²) in [4.78, 5) is 11.8. The van der Waals surface area contributed by atoms with Gasteiger partial charge in [-0.25, -0.2) is 4.79 Å². The molecule has 0 radical (unpaired) electrons. The number of benzene rings is 2. The molecule has 0 spiro atoms. The van der Waals surface area contributed by atoms with E-state index in [-0.39, 0.29) is 12.8 Å². The Morgan fingerprint density at radius 2 is 1.79 bits per heavy atom. The Bertz CT molecular complexity index is 641. The number of hydrogen-bond acceptors (Lipinski definition) is 3. The highest BCUT2D eigenvalue weighted by atomic mass is 16.5. The van der Waals surface area contributed by atoms with Gasteiger partial charge in [0, 0.05) is 6.54 Å². The largest absolute Gasteiger partial charge is 0.497 e. The number of carbonyl (C=O) groups excluding carboxylic acids is 1.